The Morgan fingerprint density at radius 2 is 2.00 bits per heavy atom. The molecule has 0 bridgehead atoms. The van der Waals surface area contributed by atoms with E-state index in [4.69, 9.17) is 9.84 Å². The Hall–Kier alpha value is -2.21. The number of carbonyl (C=O) groups excluding carboxylic acids is 2. The molecule has 2 amide bonds. The molecule has 1 aromatic carbocycles. The molecular formula is C14H13NO5. The average Bonchev–Trinajstić information content (AvgIpc) is 2.93. The maximum absolute atomic E-state index is 12.4. The number of carboxylic acid groups (broad SMARTS) is 1. The summed E-state index contributed by atoms with van der Waals surface area (Å²) in [6, 6.07) is 3.72. The van der Waals surface area contributed by atoms with Gasteiger partial charge in [0.2, 0.25) is 0 Å². The summed E-state index contributed by atoms with van der Waals surface area (Å²) in [5.74, 6) is -1.93. The molecule has 6 heteroatoms. The lowest BCUT2D eigenvalue weighted by Crippen LogP contribution is -2.43. The first kappa shape index (κ1) is 12.8. The summed E-state index contributed by atoms with van der Waals surface area (Å²) in [7, 11) is 0. The SMILES string of the molecule is CC1OCCC1N1C(=O)c2ccc(C(=O)O)cc2C1=O. The highest BCUT2D eigenvalue weighted by Crippen LogP contribution is 2.30. The predicted molar refractivity (Wildman–Crippen MR) is 67.7 cm³/mol. The van der Waals surface area contributed by atoms with E-state index in [1.54, 1.807) is 0 Å². The van der Waals surface area contributed by atoms with Gasteiger partial charge in [0.15, 0.2) is 0 Å². The number of hydrogen-bond acceptors (Lipinski definition) is 4. The Bertz CT molecular complexity index is 624. The molecule has 1 fully saturated rings. The van der Waals surface area contributed by atoms with E-state index in [2.05, 4.69) is 0 Å². The van der Waals surface area contributed by atoms with Gasteiger partial charge in [-0.15, -0.1) is 0 Å². The number of fused-ring (bicyclic) bond motifs is 1. The van der Waals surface area contributed by atoms with Crippen LogP contribution in [0.4, 0.5) is 0 Å². The molecule has 2 atom stereocenters. The predicted octanol–water partition coefficient (Wildman–Crippen LogP) is 1.16. The summed E-state index contributed by atoms with van der Waals surface area (Å²) in [6.07, 6.45) is 0.412. The van der Waals surface area contributed by atoms with Crippen LogP contribution < -0.4 is 0 Å². The fourth-order valence-corrected chi connectivity index (χ4v) is 2.75. The Morgan fingerprint density at radius 1 is 1.30 bits per heavy atom. The Morgan fingerprint density at radius 3 is 2.60 bits per heavy atom. The Balaban J connectivity index is 2.01. The van der Waals surface area contributed by atoms with E-state index in [-0.39, 0.29) is 34.7 Å². The number of carbonyl (C=O) groups is 3. The van der Waals surface area contributed by atoms with E-state index >= 15 is 0 Å². The van der Waals surface area contributed by atoms with Crippen molar-refractivity contribution in [3.05, 3.63) is 34.9 Å². The smallest absolute Gasteiger partial charge is 0.335 e. The first-order chi connectivity index (χ1) is 9.50. The van der Waals surface area contributed by atoms with Gasteiger partial charge in [-0.2, -0.15) is 0 Å². The number of nitrogens with zero attached hydrogens (tertiary/aromatic N) is 1. The standard InChI is InChI=1S/C14H13NO5/c1-7-11(4-5-20-7)15-12(16)9-3-2-8(14(18)19)6-10(9)13(15)17/h2-3,6-7,11H,4-5H2,1H3,(H,18,19). The maximum atomic E-state index is 12.4. The van der Waals surface area contributed by atoms with Gasteiger partial charge in [0.1, 0.15) is 0 Å². The highest BCUT2D eigenvalue weighted by atomic mass is 16.5. The van der Waals surface area contributed by atoms with Crippen LogP contribution in [0.25, 0.3) is 0 Å². The van der Waals surface area contributed by atoms with Crippen LogP contribution in [0.3, 0.4) is 0 Å². The molecule has 1 N–H and O–H groups in total. The second kappa shape index (κ2) is 4.42. The average molecular weight is 275 g/mol. The number of aromatic carboxylic acids is 1. The monoisotopic (exact) mass is 275 g/mol. The normalized spacial score (nSPS) is 25.1. The number of imide groups is 1. The summed E-state index contributed by atoms with van der Waals surface area (Å²) in [6.45, 7) is 2.34. The lowest BCUT2D eigenvalue weighted by molar-refractivity contribution is 0.0455. The quantitative estimate of drug-likeness (QED) is 0.819. The van der Waals surface area contributed by atoms with Gasteiger partial charge in [0, 0.05) is 6.61 Å². The number of amides is 2. The minimum atomic E-state index is -1.12. The summed E-state index contributed by atoms with van der Waals surface area (Å²) in [4.78, 5) is 36.8. The number of carboxylic acids is 1. The molecule has 1 saturated heterocycles. The molecule has 3 rings (SSSR count). The fourth-order valence-electron chi connectivity index (χ4n) is 2.75. The third kappa shape index (κ3) is 1.72. The van der Waals surface area contributed by atoms with Crippen molar-refractivity contribution in [2.75, 3.05) is 6.61 Å². The van der Waals surface area contributed by atoms with E-state index < -0.39 is 11.9 Å². The zero-order valence-corrected chi connectivity index (χ0v) is 10.8. The van der Waals surface area contributed by atoms with Crippen LogP contribution >= 0.6 is 0 Å². The summed E-state index contributed by atoms with van der Waals surface area (Å²) >= 11 is 0. The zero-order valence-electron chi connectivity index (χ0n) is 10.8. The third-order valence-corrected chi connectivity index (χ3v) is 3.83. The van der Waals surface area contributed by atoms with Crippen molar-refractivity contribution in [2.24, 2.45) is 0 Å². The summed E-state index contributed by atoms with van der Waals surface area (Å²) in [5, 5.41) is 8.96. The van der Waals surface area contributed by atoms with E-state index in [0.29, 0.717) is 13.0 Å². The zero-order chi connectivity index (χ0) is 14.4. The minimum Gasteiger partial charge on any atom is -0.478 e. The van der Waals surface area contributed by atoms with E-state index in [1.165, 1.54) is 23.1 Å². The molecule has 6 nitrogen and oxygen atoms in total. The lowest BCUT2D eigenvalue weighted by Gasteiger charge is -2.24. The van der Waals surface area contributed by atoms with Crippen molar-refractivity contribution in [3.8, 4) is 0 Å². The molecular weight excluding hydrogens is 262 g/mol. The first-order valence-corrected chi connectivity index (χ1v) is 6.37. The van der Waals surface area contributed by atoms with E-state index in [1.807, 2.05) is 6.92 Å². The van der Waals surface area contributed by atoms with Crippen molar-refractivity contribution in [3.63, 3.8) is 0 Å². The van der Waals surface area contributed by atoms with Crippen LogP contribution in [0.15, 0.2) is 18.2 Å². The first-order valence-electron chi connectivity index (χ1n) is 6.37. The van der Waals surface area contributed by atoms with Crippen LogP contribution in [0, 0.1) is 0 Å². The molecule has 0 aromatic heterocycles. The molecule has 0 radical (unpaired) electrons. The van der Waals surface area contributed by atoms with Crippen LogP contribution in [-0.4, -0.2) is 46.5 Å². The molecule has 0 aliphatic carbocycles. The van der Waals surface area contributed by atoms with Crippen LogP contribution in [0.5, 0.6) is 0 Å². The van der Waals surface area contributed by atoms with Gasteiger partial charge < -0.3 is 9.84 Å². The topological polar surface area (TPSA) is 83.9 Å². The molecule has 104 valence electrons. The second-order valence-electron chi connectivity index (χ2n) is 4.98. The van der Waals surface area contributed by atoms with Crippen molar-refractivity contribution >= 4 is 17.8 Å². The van der Waals surface area contributed by atoms with Crippen molar-refractivity contribution in [1.82, 2.24) is 4.90 Å². The van der Waals surface area contributed by atoms with Crippen molar-refractivity contribution in [1.29, 1.82) is 0 Å². The molecule has 2 aliphatic rings. The van der Waals surface area contributed by atoms with Crippen molar-refractivity contribution in [2.45, 2.75) is 25.5 Å². The van der Waals surface area contributed by atoms with E-state index in [9.17, 15) is 14.4 Å². The molecule has 2 heterocycles. The third-order valence-electron chi connectivity index (χ3n) is 3.83. The maximum Gasteiger partial charge on any atom is 0.335 e. The van der Waals surface area contributed by atoms with Gasteiger partial charge in [0.05, 0.1) is 28.8 Å². The van der Waals surface area contributed by atoms with Gasteiger partial charge >= 0.3 is 5.97 Å². The number of rotatable bonds is 2. The van der Waals surface area contributed by atoms with E-state index in [0.717, 1.165) is 0 Å². The Labute approximate surface area is 114 Å². The van der Waals surface area contributed by atoms with Crippen LogP contribution in [-0.2, 0) is 4.74 Å². The largest absolute Gasteiger partial charge is 0.478 e. The summed E-state index contributed by atoms with van der Waals surface area (Å²) in [5.41, 5.74) is 0.426. The molecule has 1 aromatic rings. The highest BCUT2D eigenvalue weighted by Gasteiger charge is 2.44. The highest BCUT2D eigenvalue weighted by molar-refractivity contribution is 6.22. The second-order valence-corrected chi connectivity index (χ2v) is 4.98. The van der Waals surface area contributed by atoms with Crippen LogP contribution in [0.2, 0.25) is 0 Å². The molecule has 2 unspecified atom stereocenters. The molecule has 2 aliphatic heterocycles. The van der Waals surface area contributed by atoms with Crippen LogP contribution in [0.1, 0.15) is 44.4 Å². The van der Waals surface area contributed by atoms with Gasteiger partial charge in [0.25, 0.3) is 11.8 Å². The lowest BCUT2D eigenvalue weighted by atomic mass is 10.1. The van der Waals surface area contributed by atoms with Gasteiger partial charge in [-0.3, -0.25) is 14.5 Å². The number of ether oxygens (including phenoxy) is 1. The fraction of sp³-hybridized carbons (Fsp3) is 0.357. The number of benzene rings is 1. The van der Waals surface area contributed by atoms with Crippen molar-refractivity contribution < 1.29 is 24.2 Å². The number of hydrogen-bond donors (Lipinski definition) is 1. The minimum absolute atomic E-state index is 0.00229. The summed E-state index contributed by atoms with van der Waals surface area (Å²) < 4.78 is 5.40. The van der Waals surface area contributed by atoms with Gasteiger partial charge in [-0.1, -0.05) is 0 Å². The molecule has 0 saturated carbocycles. The van der Waals surface area contributed by atoms with Gasteiger partial charge in [-0.05, 0) is 31.5 Å². The molecule has 20 heavy (non-hydrogen) atoms. The Kier molecular flexibility index (Phi) is 2.83. The van der Waals surface area contributed by atoms with Gasteiger partial charge in [-0.25, -0.2) is 4.79 Å². The molecule has 0 spiro atoms.